The van der Waals surface area contributed by atoms with Gasteiger partial charge in [0.15, 0.2) is 0 Å². The molecule has 0 spiro atoms. The second kappa shape index (κ2) is 11.1. The standard InChI is InChI=1S/C13H26O11P2/c1-5-21-25(18,22-6-2)13(17,10-20-12(16)9-11(14)15)26(19,23-7-3)24-8-4/h17H,5-10H2,1-4H3,(H,14,15). The van der Waals surface area contributed by atoms with Gasteiger partial charge in [0.25, 0.3) is 0 Å². The van der Waals surface area contributed by atoms with Crippen molar-refractivity contribution in [3.05, 3.63) is 0 Å². The fourth-order valence-corrected chi connectivity index (χ4v) is 6.50. The van der Waals surface area contributed by atoms with E-state index in [1.807, 2.05) is 0 Å². The molecule has 0 saturated carbocycles. The zero-order valence-electron chi connectivity index (χ0n) is 15.2. The van der Waals surface area contributed by atoms with Crippen molar-refractivity contribution in [3.8, 4) is 0 Å². The molecule has 0 aliphatic heterocycles. The number of carboxylic acids is 1. The molecule has 26 heavy (non-hydrogen) atoms. The molecule has 154 valence electrons. The van der Waals surface area contributed by atoms with E-state index in [1.165, 1.54) is 27.7 Å². The minimum atomic E-state index is -4.59. The van der Waals surface area contributed by atoms with Crippen molar-refractivity contribution in [2.24, 2.45) is 0 Å². The molecule has 0 fully saturated rings. The van der Waals surface area contributed by atoms with Gasteiger partial charge in [-0.05, 0) is 27.7 Å². The molecule has 0 rings (SSSR count). The highest BCUT2D eigenvalue weighted by atomic mass is 31.2. The zero-order valence-corrected chi connectivity index (χ0v) is 17.0. The molecule has 2 N–H and O–H groups in total. The Morgan fingerprint density at radius 2 is 1.19 bits per heavy atom. The van der Waals surface area contributed by atoms with Gasteiger partial charge in [-0.2, -0.15) is 0 Å². The van der Waals surface area contributed by atoms with E-state index in [0.717, 1.165) is 0 Å². The van der Waals surface area contributed by atoms with Crippen molar-refractivity contribution in [1.29, 1.82) is 0 Å². The molecule has 0 radical (unpaired) electrons. The van der Waals surface area contributed by atoms with Gasteiger partial charge in [-0.1, -0.05) is 0 Å². The van der Waals surface area contributed by atoms with E-state index in [-0.39, 0.29) is 26.4 Å². The largest absolute Gasteiger partial charge is 0.481 e. The zero-order chi connectivity index (χ0) is 20.4. The third kappa shape index (κ3) is 6.13. The molecule has 0 aromatic rings. The predicted molar refractivity (Wildman–Crippen MR) is 89.9 cm³/mol. The summed E-state index contributed by atoms with van der Waals surface area (Å²) in [5, 5.41) is 16.6. The van der Waals surface area contributed by atoms with Crippen LogP contribution in [0.15, 0.2) is 0 Å². The van der Waals surface area contributed by atoms with Crippen LogP contribution in [0.2, 0.25) is 0 Å². The van der Waals surface area contributed by atoms with Crippen LogP contribution in [0.25, 0.3) is 0 Å². The Kier molecular flexibility index (Phi) is 10.8. The average molecular weight is 420 g/mol. The molecule has 0 saturated heterocycles. The highest BCUT2D eigenvalue weighted by Crippen LogP contribution is 2.76. The Hall–Kier alpha value is -0.800. The van der Waals surface area contributed by atoms with Gasteiger partial charge in [-0.15, -0.1) is 0 Å². The number of ether oxygens (including phenoxy) is 1. The van der Waals surface area contributed by atoms with Crippen LogP contribution < -0.4 is 0 Å². The summed E-state index contributed by atoms with van der Waals surface area (Å²) < 4.78 is 51.0. The van der Waals surface area contributed by atoms with Gasteiger partial charge >= 0.3 is 32.2 Å². The van der Waals surface area contributed by atoms with Crippen LogP contribution in [0.3, 0.4) is 0 Å². The van der Waals surface area contributed by atoms with Gasteiger partial charge in [0, 0.05) is 0 Å². The lowest BCUT2D eigenvalue weighted by atomic mass is 10.4. The number of aliphatic hydroxyl groups is 1. The minimum Gasteiger partial charge on any atom is -0.481 e. The molecule has 11 nitrogen and oxygen atoms in total. The van der Waals surface area contributed by atoms with Crippen LogP contribution in [0.5, 0.6) is 0 Å². The van der Waals surface area contributed by atoms with Gasteiger partial charge in [0.2, 0.25) is 0 Å². The van der Waals surface area contributed by atoms with Gasteiger partial charge in [0.1, 0.15) is 13.0 Å². The summed E-state index contributed by atoms with van der Waals surface area (Å²) >= 11 is 0. The van der Waals surface area contributed by atoms with Gasteiger partial charge in [-0.3, -0.25) is 18.7 Å². The summed E-state index contributed by atoms with van der Waals surface area (Å²) in [4.78, 5) is 22.1. The molecule has 0 aliphatic rings. The van der Waals surface area contributed by atoms with Crippen molar-refractivity contribution in [2.75, 3.05) is 33.0 Å². The highest BCUT2D eigenvalue weighted by Gasteiger charge is 2.66. The quantitative estimate of drug-likeness (QED) is 0.241. The SMILES string of the molecule is CCOP(=O)(OCC)C(O)(COC(=O)CC(=O)O)P(=O)(OCC)OCC. The van der Waals surface area contributed by atoms with E-state index in [1.54, 1.807) is 0 Å². The molecule has 13 heteroatoms. The number of carbonyl (C=O) groups is 2. The Bertz CT molecular complexity index is 512. The molecule has 0 bridgehead atoms. The van der Waals surface area contributed by atoms with Crippen molar-refractivity contribution < 1.29 is 51.8 Å². The van der Waals surface area contributed by atoms with Crippen LogP contribution in [-0.2, 0) is 41.6 Å². The number of carboxylic acid groups (broad SMARTS) is 1. The summed E-state index contributed by atoms with van der Waals surface area (Å²) in [6.45, 7) is 3.87. The van der Waals surface area contributed by atoms with Gasteiger partial charge < -0.3 is 33.0 Å². The summed E-state index contributed by atoms with van der Waals surface area (Å²) in [5.41, 5.74) is 0. The minimum absolute atomic E-state index is 0.194. The van der Waals surface area contributed by atoms with Crippen LogP contribution in [-0.4, -0.2) is 60.3 Å². The number of hydrogen-bond donors (Lipinski definition) is 2. The highest BCUT2D eigenvalue weighted by molar-refractivity contribution is 7.73. The summed E-state index contributed by atoms with van der Waals surface area (Å²) in [7, 11) is -9.19. The van der Waals surface area contributed by atoms with E-state index < -0.39 is 45.2 Å². The third-order valence-corrected chi connectivity index (χ3v) is 8.67. The van der Waals surface area contributed by atoms with E-state index in [2.05, 4.69) is 4.74 Å². The smallest absolute Gasteiger partial charge is 0.378 e. The van der Waals surface area contributed by atoms with Crippen molar-refractivity contribution in [3.63, 3.8) is 0 Å². The predicted octanol–water partition coefficient (Wildman–Crippen LogP) is 2.18. The maximum absolute atomic E-state index is 13.1. The molecule has 0 aromatic carbocycles. The Labute approximate surface area is 152 Å². The first-order chi connectivity index (χ1) is 12.1. The monoisotopic (exact) mass is 420 g/mol. The number of carbonyl (C=O) groups excluding carboxylic acids is 1. The molecule has 0 aliphatic carbocycles. The maximum atomic E-state index is 13.1. The van der Waals surface area contributed by atoms with Crippen LogP contribution in [0.1, 0.15) is 34.1 Å². The van der Waals surface area contributed by atoms with E-state index in [0.29, 0.717) is 0 Å². The topological polar surface area (TPSA) is 155 Å². The van der Waals surface area contributed by atoms with Crippen molar-refractivity contribution >= 4 is 27.1 Å². The molecule has 0 amide bonds. The molecular weight excluding hydrogens is 394 g/mol. The first-order valence-corrected chi connectivity index (χ1v) is 11.0. The average Bonchev–Trinajstić information content (AvgIpc) is 2.52. The molecule has 0 aromatic heterocycles. The van der Waals surface area contributed by atoms with Crippen LogP contribution >= 0.6 is 15.2 Å². The molecule has 0 unspecified atom stereocenters. The summed E-state index contributed by atoms with van der Waals surface area (Å²) in [5.74, 6) is -2.73. The fourth-order valence-electron chi connectivity index (χ4n) is 1.83. The summed E-state index contributed by atoms with van der Waals surface area (Å²) in [6.07, 6.45) is -1.02. The van der Waals surface area contributed by atoms with E-state index in [4.69, 9.17) is 23.2 Å². The first-order valence-electron chi connectivity index (χ1n) is 7.93. The van der Waals surface area contributed by atoms with Crippen LogP contribution in [0.4, 0.5) is 0 Å². The first kappa shape index (κ1) is 25.2. The number of hydrogen-bond acceptors (Lipinski definition) is 10. The Morgan fingerprint density at radius 3 is 1.46 bits per heavy atom. The Morgan fingerprint density at radius 1 is 0.846 bits per heavy atom. The molecule has 0 heterocycles. The lowest BCUT2D eigenvalue weighted by molar-refractivity contribution is -0.153. The van der Waals surface area contributed by atoms with Crippen LogP contribution in [0, 0.1) is 0 Å². The third-order valence-electron chi connectivity index (χ3n) is 2.80. The maximum Gasteiger partial charge on any atom is 0.378 e. The fraction of sp³-hybridized carbons (Fsp3) is 0.846. The van der Waals surface area contributed by atoms with Crippen molar-refractivity contribution in [2.45, 2.75) is 39.2 Å². The lowest BCUT2D eigenvalue weighted by Crippen LogP contribution is -2.39. The second-order valence-electron chi connectivity index (χ2n) is 4.67. The van der Waals surface area contributed by atoms with E-state index >= 15 is 0 Å². The lowest BCUT2D eigenvalue weighted by Gasteiger charge is -2.37. The number of rotatable bonds is 14. The van der Waals surface area contributed by atoms with E-state index in [9.17, 15) is 23.8 Å². The Balaban J connectivity index is 6.04. The molecule has 0 atom stereocenters. The normalized spacial score (nSPS) is 12.8. The van der Waals surface area contributed by atoms with Crippen molar-refractivity contribution in [1.82, 2.24) is 0 Å². The number of aliphatic carboxylic acids is 1. The second-order valence-corrected chi connectivity index (χ2v) is 9.53. The molecular formula is C13H26O11P2. The van der Waals surface area contributed by atoms with Gasteiger partial charge in [0.05, 0.1) is 26.4 Å². The summed E-state index contributed by atoms with van der Waals surface area (Å²) in [6, 6.07) is 0. The number of esters is 1. The van der Waals surface area contributed by atoms with Gasteiger partial charge in [-0.25, -0.2) is 0 Å².